The smallest absolute Gasteiger partial charge is 0.0680 e. The third-order valence-corrected chi connectivity index (χ3v) is 4.17. The predicted octanol–water partition coefficient (Wildman–Crippen LogP) is 1.79. The van der Waals surface area contributed by atoms with E-state index in [2.05, 4.69) is 11.9 Å². The van der Waals surface area contributed by atoms with Crippen LogP contribution in [0.2, 0.25) is 0 Å². The third-order valence-electron chi connectivity index (χ3n) is 2.70. The molecule has 1 fully saturated rings. The van der Waals surface area contributed by atoms with Gasteiger partial charge in [-0.1, -0.05) is 6.92 Å². The molecule has 2 nitrogen and oxygen atoms in total. The summed E-state index contributed by atoms with van der Waals surface area (Å²) in [6, 6.07) is 1.04. The standard InChI is InChI=1S/C9H16N2S/c1-2-9-11-7-4-3-6(10)5-8(7)12-9/h6-8H,2-5,10H2,1H3. The Bertz CT molecular complexity index is 203. The van der Waals surface area contributed by atoms with Crippen LogP contribution in [0.25, 0.3) is 0 Å². The van der Waals surface area contributed by atoms with Crippen LogP contribution in [0.5, 0.6) is 0 Å². The normalized spacial score (nSPS) is 40.8. The molecule has 2 aliphatic rings. The first-order valence-corrected chi connectivity index (χ1v) is 5.66. The Labute approximate surface area is 78.0 Å². The van der Waals surface area contributed by atoms with Crippen LogP contribution in [0.4, 0.5) is 0 Å². The van der Waals surface area contributed by atoms with Gasteiger partial charge in [0.25, 0.3) is 0 Å². The van der Waals surface area contributed by atoms with Gasteiger partial charge in [0.2, 0.25) is 0 Å². The number of aliphatic imine (C=N–C) groups is 1. The summed E-state index contributed by atoms with van der Waals surface area (Å²) in [5.74, 6) is 0. The molecule has 12 heavy (non-hydrogen) atoms. The van der Waals surface area contributed by atoms with Gasteiger partial charge in [0, 0.05) is 11.3 Å². The van der Waals surface area contributed by atoms with Crippen LogP contribution in [0.1, 0.15) is 32.6 Å². The highest BCUT2D eigenvalue weighted by Crippen LogP contribution is 2.37. The van der Waals surface area contributed by atoms with E-state index in [1.54, 1.807) is 0 Å². The quantitative estimate of drug-likeness (QED) is 0.674. The van der Waals surface area contributed by atoms with Crippen LogP contribution in [-0.4, -0.2) is 22.4 Å². The Morgan fingerprint density at radius 2 is 2.42 bits per heavy atom. The topological polar surface area (TPSA) is 38.4 Å². The van der Waals surface area contributed by atoms with E-state index >= 15 is 0 Å². The maximum atomic E-state index is 5.91. The fourth-order valence-electron chi connectivity index (χ4n) is 1.98. The minimum Gasteiger partial charge on any atom is -0.328 e. The van der Waals surface area contributed by atoms with Gasteiger partial charge in [-0.15, -0.1) is 11.8 Å². The lowest BCUT2D eigenvalue weighted by atomic mass is 9.92. The molecule has 0 spiro atoms. The van der Waals surface area contributed by atoms with Crippen molar-refractivity contribution < 1.29 is 0 Å². The summed E-state index contributed by atoms with van der Waals surface area (Å²) in [5.41, 5.74) is 5.91. The Kier molecular flexibility index (Phi) is 2.42. The van der Waals surface area contributed by atoms with Gasteiger partial charge in [-0.05, 0) is 25.7 Å². The number of thioether (sulfide) groups is 1. The van der Waals surface area contributed by atoms with E-state index in [9.17, 15) is 0 Å². The summed E-state index contributed by atoms with van der Waals surface area (Å²) >= 11 is 1.97. The minimum atomic E-state index is 0.435. The van der Waals surface area contributed by atoms with Crippen LogP contribution in [0.3, 0.4) is 0 Å². The number of nitrogens with two attached hydrogens (primary N) is 1. The monoisotopic (exact) mass is 184 g/mol. The number of hydrogen-bond acceptors (Lipinski definition) is 3. The fraction of sp³-hybridized carbons (Fsp3) is 0.889. The van der Waals surface area contributed by atoms with Crippen LogP contribution in [0, 0.1) is 0 Å². The lowest BCUT2D eigenvalue weighted by Crippen LogP contribution is -2.35. The first-order valence-electron chi connectivity index (χ1n) is 4.78. The average molecular weight is 184 g/mol. The van der Waals surface area contributed by atoms with Crippen molar-refractivity contribution in [1.82, 2.24) is 0 Å². The van der Waals surface area contributed by atoms with Crippen molar-refractivity contribution in [3.05, 3.63) is 0 Å². The second kappa shape index (κ2) is 3.38. The number of nitrogens with zero attached hydrogens (tertiary/aromatic N) is 1. The molecule has 68 valence electrons. The van der Waals surface area contributed by atoms with Gasteiger partial charge in [-0.3, -0.25) is 4.99 Å². The van der Waals surface area contributed by atoms with Crippen LogP contribution in [0.15, 0.2) is 4.99 Å². The zero-order valence-corrected chi connectivity index (χ0v) is 8.31. The molecule has 0 aromatic carbocycles. The van der Waals surface area contributed by atoms with Gasteiger partial charge < -0.3 is 5.73 Å². The summed E-state index contributed by atoms with van der Waals surface area (Å²) in [7, 11) is 0. The van der Waals surface area contributed by atoms with Gasteiger partial charge in [0.05, 0.1) is 11.1 Å². The first-order chi connectivity index (χ1) is 5.79. The fourth-order valence-corrected chi connectivity index (χ4v) is 3.39. The molecule has 0 bridgehead atoms. The lowest BCUT2D eigenvalue weighted by Gasteiger charge is -2.27. The molecule has 1 aliphatic heterocycles. The lowest BCUT2D eigenvalue weighted by molar-refractivity contribution is 0.411. The Balaban J connectivity index is 2.00. The molecule has 3 unspecified atom stereocenters. The summed E-state index contributed by atoms with van der Waals surface area (Å²) in [4.78, 5) is 4.69. The summed E-state index contributed by atoms with van der Waals surface area (Å²) in [5, 5.41) is 2.06. The molecule has 2 N–H and O–H groups in total. The highest BCUT2D eigenvalue weighted by atomic mass is 32.2. The highest BCUT2D eigenvalue weighted by molar-refractivity contribution is 8.14. The Morgan fingerprint density at radius 3 is 3.17 bits per heavy atom. The van der Waals surface area contributed by atoms with E-state index < -0.39 is 0 Å². The summed E-state index contributed by atoms with van der Waals surface area (Å²) < 4.78 is 0. The molecular formula is C9H16N2S. The average Bonchev–Trinajstić information content (AvgIpc) is 2.46. The molecule has 1 aliphatic carbocycles. The molecule has 0 saturated heterocycles. The van der Waals surface area contributed by atoms with Gasteiger partial charge in [0.1, 0.15) is 0 Å². The van der Waals surface area contributed by atoms with Crippen LogP contribution < -0.4 is 5.73 Å². The molecule has 1 heterocycles. The maximum absolute atomic E-state index is 5.91. The Morgan fingerprint density at radius 1 is 1.58 bits per heavy atom. The Hall–Kier alpha value is -0.0200. The highest BCUT2D eigenvalue weighted by Gasteiger charge is 2.34. The van der Waals surface area contributed by atoms with E-state index in [1.165, 1.54) is 24.3 Å². The van der Waals surface area contributed by atoms with E-state index in [1.807, 2.05) is 11.8 Å². The zero-order valence-electron chi connectivity index (χ0n) is 7.49. The minimum absolute atomic E-state index is 0.435. The predicted molar refractivity (Wildman–Crippen MR) is 54.7 cm³/mol. The first kappa shape index (κ1) is 8.57. The van der Waals surface area contributed by atoms with Crippen molar-refractivity contribution in [1.29, 1.82) is 0 Å². The van der Waals surface area contributed by atoms with E-state index in [0.717, 1.165) is 6.42 Å². The molecule has 3 atom stereocenters. The zero-order chi connectivity index (χ0) is 8.55. The van der Waals surface area contributed by atoms with Crippen LogP contribution >= 0.6 is 11.8 Å². The van der Waals surface area contributed by atoms with E-state index in [-0.39, 0.29) is 0 Å². The maximum Gasteiger partial charge on any atom is 0.0680 e. The van der Waals surface area contributed by atoms with E-state index in [0.29, 0.717) is 17.3 Å². The summed E-state index contributed by atoms with van der Waals surface area (Å²) in [6.45, 7) is 2.18. The van der Waals surface area contributed by atoms with Crippen molar-refractivity contribution >= 4 is 16.8 Å². The molecule has 3 heteroatoms. The molecule has 0 amide bonds. The molecule has 0 aromatic rings. The third kappa shape index (κ3) is 1.52. The molecule has 0 radical (unpaired) electrons. The second-order valence-electron chi connectivity index (χ2n) is 3.67. The molecule has 1 saturated carbocycles. The molecule has 0 aromatic heterocycles. The number of hydrogen-bond donors (Lipinski definition) is 1. The SMILES string of the molecule is CCC1=NC2CCC(N)CC2S1. The van der Waals surface area contributed by atoms with Gasteiger partial charge in [-0.2, -0.15) is 0 Å². The summed E-state index contributed by atoms with van der Waals surface area (Å²) in [6.07, 6.45) is 4.65. The van der Waals surface area contributed by atoms with Crippen molar-refractivity contribution in [2.45, 2.75) is 49.9 Å². The molecule has 2 rings (SSSR count). The van der Waals surface area contributed by atoms with Crippen molar-refractivity contribution in [3.63, 3.8) is 0 Å². The van der Waals surface area contributed by atoms with Crippen molar-refractivity contribution in [3.8, 4) is 0 Å². The largest absolute Gasteiger partial charge is 0.328 e. The second-order valence-corrected chi connectivity index (χ2v) is 4.99. The molecular weight excluding hydrogens is 168 g/mol. The van der Waals surface area contributed by atoms with E-state index in [4.69, 9.17) is 5.73 Å². The number of fused-ring (bicyclic) bond motifs is 1. The van der Waals surface area contributed by atoms with Gasteiger partial charge in [0.15, 0.2) is 0 Å². The number of rotatable bonds is 1. The van der Waals surface area contributed by atoms with Crippen LogP contribution in [-0.2, 0) is 0 Å². The van der Waals surface area contributed by atoms with Crippen molar-refractivity contribution in [2.75, 3.05) is 0 Å². The van der Waals surface area contributed by atoms with Gasteiger partial charge in [-0.25, -0.2) is 0 Å². The van der Waals surface area contributed by atoms with Gasteiger partial charge >= 0.3 is 0 Å². The van der Waals surface area contributed by atoms with Crippen molar-refractivity contribution in [2.24, 2.45) is 10.7 Å².